The van der Waals surface area contributed by atoms with E-state index < -0.39 is 19.3 Å². The summed E-state index contributed by atoms with van der Waals surface area (Å²) in [6, 6.07) is 13.1. The predicted molar refractivity (Wildman–Crippen MR) is 90.4 cm³/mol. The minimum atomic E-state index is -0.844. The number of alkyl halides is 2. The topological polar surface area (TPSA) is 59.8 Å². The molecule has 2 aromatic heterocycles. The molecule has 25 heavy (non-hydrogen) atoms. The van der Waals surface area contributed by atoms with Crippen molar-refractivity contribution in [2.45, 2.75) is 13.3 Å². The molecular weight excluding hydrogens is 350 g/mol. The molecule has 0 fully saturated rings. The molecule has 0 unspecified atom stereocenters. The molecule has 0 aliphatic carbocycles. The molecule has 128 valence electrons. The van der Waals surface area contributed by atoms with Crippen molar-refractivity contribution in [1.82, 2.24) is 14.8 Å². The third kappa shape index (κ3) is 3.66. The minimum Gasteiger partial charge on any atom is -0.321 e. The smallest absolute Gasteiger partial charge is 0.275 e. The van der Waals surface area contributed by atoms with Crippen LogP contribution in [0.3, 0.4) is 0 Å². The van der Waals surface area contributed by atoms with Crippen molar-refractivity contribution in [2.24, 2.45) is 0 Å². The lowest BCUT2D eigenvalue weighted by molar-refractivity contribution is 0.102. The summed E-state index contributed by atoms with van der Waals surface area (Å²) in [5.41, 5.74) is 0.765. The summed E-state index contributed by atoms with van der Waals surface area (Å²) >= 11 is 6.06. The number of hydrogen-bond donors (Lipinski definition) is 1. The van der Waals surface area contributed by atoms with E-state index in [0.717, 1.165) is 4.68 Å². The van der Waals surface area contributed by atoms with Gasteiger partial charge in [-0.1, -0.05) is 29.8 Å². The summed E-state index contributed by atoms with van der Waals surface area (Å²) in [7, 11) is 0. The van der Waals surface area contributed by atoms with Crippen LogP contribution < -0.4 is 5.32 Å². The number of benzene rings is 1. The van der Waals surface area contributed by atoms with Gasteiger partial charge in [0, 0.05) is 5.69 Å². The van der Waals surface area contributed by atoms with Crippen molar-refractivity contribution in [1.29, 1.82) is 0 Å². The monoisotopic (exact) mass is 362 g/mol. The van der Waals surface area contributed by atoms with E-state index in [0.29, 0.717) is 5.69 Å². The number of anilines is 1. The molecule has 2 heterocycles. The zero-order chi connectivity index (χ0) is 17.8. The van der Waals surface area contributed by atoms with Gasteiger partial charge in [0.05, 0.1) is 16.4 Å². The van der Waals surface area contributed by atoms with E-state index in [2.05, 4.69) is 15.4 Å². The Balaban J connectivity index is 1.95. The maximum atomic E-state index is 13.1. The lowest BCUT2D eigenvalue weighted by Gasteiger charge is -2.09. The van der Waals surface area contributed by atoms with Crippen LogP contribution in [0.2, 0.25) is 5.02 Å². The molecule has 0 saturated heterocycles. The number of aromatic nitrogens is 3. The Morgan fingerprint density at radius 2 is 1.88 bits per heavy atom. The van der Waals surface area contributed by atoms with Crippen molar-refractivity contribution in [3.05, 3.63) is 70.6 Å². The second kappa shape index (κ2) is 7.40. The fraction of sp³-hybridized carbons (Fsp3) is 0.118. The lowest BCUT2D eigenvalue weighted by Crippen LogP contribution is -2.16. The first-order valence-corrected chi connectivity index (χ1v) is 7.73. The zero-order valence-corrected chi connectivity index (χ0v) is 13.7. The van der Waals surface area contributed by atoms with E-state index in [1.807, 2.05) is 6.07 Å². The number of halogens is 3. The van der Waals surface area contributed by atoms with Gasteiger partial charge >= 0.3 is 0 Å². The summed E-state index contributed by atoms with van der Waals surface area (Å²) in [4.78, 5) is 16.6. The number of pyridine rings is 1. The van der Waals surface area contributed by atoms with Gasteiger partial charge in [0.2, 0.25) is 0 Å². The van der Waals surface area contributed by atoms with Gasteiger partial charge in [0.15, 0.2) is 5.82 Å². The van der Waals surface area contributed by atoms with E-state index in [-0.39, 0.29) is 27.9 Å². The highest BCUT2D eigenvalue weighted by molar-refractivity contribution is 6.34. The van der Waals surface area contributed by atoms with Gasteiger partial charge in [-0.05, 0) is 30.3 Å². The van der Waals surface area contributed by atoms with Gasteiger partial charge in [0.25, 0.3) is 5.91 Å². The molecule has 0 saturated carbocycles. The summed E-state index contributed by atoms with van der Waals surface area (Å²) in [5, 5.41) is 6.76. The number of carbonyl (C=O) groups excluding carboxylic acids is 1. The molecule has 0 radical (unpaired) electrons. The Hall–Kier alpha value is -2.80. The Labute approximate surface area is 147 Å². The molecule has 1 amide bonds. The van der Waals surface area contributed by atoms with Crippen LogP contribution in [0.15, 0.2) is 48.5 Å². The number of rotatable bonds is 5. The molecular formula is C17H13ClF2N4O. The fourth-order valence-electron chi connectivity index (χ4n) is 2.25. The van der Waals surface area contributed by atoms with E-state index >= 15 is 0 Å². The first-order valence-electron chi connectivity index (χ1n) is 7.35. The predicted octanol–water partition coefficient (Wildman–Crippen LogP) is 4.11. The highest BCUT2D eigenvalue weighted by Gasteiger charge is 2.17. The number of carbonyl (C=O) groups is 1. The summed E-state index contributed by atoms with van der Waals surface area (Å²) in [5.74, 6) is -0.340. The highest BCUT2D eigenvalue weighted by atomic mass is 35.5. The standard InChI is InChI=1S/C17H13ClF2N4O/c18-14-6-7-15(24-13(10-20)8-12(9-19)23-24)22-16(14)17(25)21-11-4-2-1-3-5-11/h1-8H,9-10H2,(H,21,25). The van der Waals surface area contributed by atoms with Crippen LogP contribution in [0.1, 0.15) is 21.9 Å². The quantitative estimate of drug-likeness (QED) is 0.743. The number of nitrogens with zero attached hydrogens (tertiary/aromatic N) is 3. The van der Waals surface area contributed by atoms with Gasteiger partial charge in [0.1, 0.15) is 19.0 Å². The summed E-state index contributed by atoms with van der Waals surface area (Å²) < 4.78 is 27.1. The van der Waals surface area contributed by atoms with Crippen molar-refractivity contribution < 1.29 is 13.6 Å². The molecule has 1 aromatic carbocycles. The zero-order valence-electron chi connectivity index (χ0n) is 12.9. The van der Waals surface area contributed by atoms with Crippen LogP contribution in [0.25, 0.3) is 5.82 Å². The number of hydrogen-bond acceptors (Lipinski definition) is 3. The van der Waals surface area contributed by atoms with Crippen LogP contribution in [-0.2, 0) is 13.3 Å². The van der Waals surface area contributed by atoms with Crippen molar-refractivity contribution >= 4 is 23.2 Å². The van der Waals surface area contributed by atoms with E-state index in [1.54, 1.807) is 24.3 Å². The Morgan fingerprint density at radius 1 is 1.12 bits per heavy atom. The Bertz CT molecular complexity index is 899. The van der Waals surface area contributed by atoms with Crippen LogP contribution >= 0.6 is 11.6 Å². The lowest BCUT2D eigenvalue weighted by atomic mass is 10.3. The molecule has 0 atom stereocenters. The van der Waals surface area contributed by atoms with Gasteiger partial charge < -0.3 is 5.32 Å². The molecule has 8 heteroatoms. The molecule has 0 aliphatic rings. The van der Waals surface area contributed by atoms with Crippen molar-refractivity contribution in [3.8, 4) is 5.82 Å². The average Bonchev–Trinajstić information content (AvgIpc) is 3.06. The second-order valence-electron chi connectivity index (χ2n) is 5.13. The highest BCUT2D eigenvalue weighted by Crippen LogP contribution is 2.20. The second-order valence-corrected chi connectivity index (χ2v) is 5.53. The molecule has 3 rings (SSSR count). The first-order chi connectivity index (χ1) is 12.1. The molecule has 5 nitrogen and oxygen atoms in total. The minimum absolute atomic E-state index is 0.0369. The van der Waals surface area contributed by atoms with Crippen LogP contribution in [0.5, 0.6) is 0 Å². The van der Waals surface area contributed by atoms with Gasteiger partial charge in [-0.3, -0.25) is 4.79 Å². The number of para-hydroxylation sites is 1. The van der Waals surface area contributed by atoms with E-state index in [1.165, 1.54) is 18.2 Å². The van der Waals surface area contributed by atoms with E-state index in [4.69, 9.17) is 11.6 Å². The maximum Gasteiger partial charge on any atom is 0.275 e. The fourth-order valence-corrected chi connectivity index (χ4v) is 2.45. The molecule has 0 aliphatic heterocycles. The summed E-state index contributed by atoms with van der Waals surface area (Å²) in [6.45, 7) is -1.67. The molecule has 1 N–H and O–H groups in total. The SMILES string of the molecule is O=C(Nc1ccccc1)c1nc(-n2nc(CF)cc2CF)ccc1Cl. The molecule has 3 aromatic rings. The third-order valence-corrected chi connectivity index (χ3v) is 3.71. The van der Waals surface area contributed by atoms with Crippen molar-refractivity contribution in [3.63, 3.8) is 0 Å². The number of nitrogens with one attached hydrogen (secondary N) is 1. The summed E-state index contributed by atoms with van der Waals surface area (Å²) in [6.07, 6.45) is 0. The first kappa shape index (κ1) is 17.0. The largest absolute Gasteiger partial charge is 0.321 e. The normalized spacial score (nSPS) is 10.7. The van der Waals surface area contributed by atoms with Crippen LogP contribution in [0, 0.1) is 0 Å². The van der Waals surface area contributed by atoms with Gasteiger partial charge in [-0.25, -0.2) is 18.4 Å². The van der Waals surface area contributed by atoms with Crippen LogP contribution in [-0.4, -0.2) is 20.7 Å². The molecule has 0 bridgehead atoms. The Morgan fingerprint density at radius 3 is 2.56 bits per heavy atom. The Kier molecular flexibility index (Phi) is 5.04. The van der Waals surface area contributed by atoms with Crippen LogP contribution in [0.4, 0.5) is 14.5 Å². The van der Waals surface area contributed by atoms with Gasteiger partial charge in [-0.15, -0.1) is 0 Å². The number of amides is 1. The maximum absolute atomic E-state index is 13.1. The van der Waals surface area contributed by atoms with Gasteiger partial charge in [-0.2, -0.15) is 5.10 Å². The molecule has 0 spiro atoms. The average molecular weight is 363 g/mol. The third-order valence-electron chi connectivity index (χ3n) is 3.40. The van der Waals surface area contributed by atoms with E-state index in [9.17, 15) is 13.6 Å². The van der Waals surface area contributed by atoms with Crippen molar-refractivity contribution in [2.75, 3.05) is 5.32 Å².